The highest BCUT2D eigenvalue weighted by Gasteiger charge is 2.19. The maximum Gasteiger partial charge on any atom is 0.256 e. The number of rotatable bonds is 3. The van der Waals surface area contributed by atoms with Crippen molar-refractivity contribution >= 4 is 16.8 Å². The van der Waals surface area contributed by atoms with Crippen molar-refractivity contribution in [3.05, 3.63) is 92.6 Å². The number of pyridine rings is 2. The Morgan fingerprint density at radius 3 is 2.32 bits per heavy atom. The normalized spacial score (nSPS) is 11.6. The standard InChI is InChI=1S/C25H23N3O3/c1-25(2,3)17-11-16-12-19(14-6-4-7-15(10-14)22(26)29)24(31)28-21(16)20(13-17)18-8-5-9-27-23(18)30/h4-13H,1-3H3,(H2,26,29)(H,27,30)(H,28,31). The first kappa shape index (κ1) is 20.3. The minimum Gasteiger partial charge on any atom is -0.366 e. The minimum atomic E-state index is -0.556. The van der Waals surface area contributed by atoms with Gasteiger partial charge in [-0.1, -0.05) is 32.9 Å². The first-order valence-corrected chi connectivity index (χ1v) is 9.95. The van der Waals surface area contributed by atoms with Crippen LogP contribution in [0.1, 0.15) is 36.7 Å². The van der Waals surface area contributed by atoms with Gasteiger partial charge >= 0.3 is 0 Å². The Morgan fingerprint density at radius 2 is 1.65 bits per heavy atom. The van der Waals surface area contributed by atoms with Gasteiger partial charge in [-0.2, -0.15) is 0 Å². The molecule has 2 aromatic heterocycles. The van der Waals surface area contributed by atoms with Gasteiger partial charge in [0.25, 0.3) is 11.1 Å². The molecule has 4 N–H and O–H groups in total. The Hall–Kier alpha value is -3.93. The van der Waals surface area contributed by atoms with E-state index in [9.17, 15) is 14.4 Å². The molecule has 0 radical (unpaired) electrons. The summed E-state index contributed by atoms with van der Waals surface area (Å²) in [5.74, 6) is -0.556. The summed E-state index contributed by atoms with van der Waals surface area (Å²) in [6, 6.07) is 15.9. The van der Waals surface area contributed by atoms with E-state index >= 15 is 0 Å². The molecule has 31 heavy (non-hydrogen) atoms. The lowest BCUT2D eigenvalue weighted by atomic mass is 9.84. The SMILES string of the molecule is CC(C)(C)c1cc(-c2ccc[nH]c2=O)c2[nH]c(=O)c(-c3cccc(C(N)=O)c3)cc2c1. The van der Waals surface area contributed by atoms with E-state index < -0.39 is 5.91 Å². The van der Waals surface area contributed by atoms with Crippen LogP contribution in [0.5, 0.6) is 0 Å². The monoisotopic (exact) mass is 413 g/mol. The Labute approximate surface area is 178 Å². The quantitative estimate of drug-likeness (QED) is 0.473. The number of nitrogens with one attached hydrogen (secondary N) is 2. The smallest absolute Gasteiger partial charge is 0.256 e. The van der Waals surface area contributed by atoms with Gasteiger partial charge in [-0.3, -0.25) is 14.4 Å². The number of amides is 1. The molecular weight excluding hydrogens is 390 g/mol. The zero-order valence-electron chi connectivity index (χ0n) is 17.6. The second-order valence-electron chi connectivity index (χ2n) is 8.61. The summed E-state index contributed by atoms with van der Waals surface area (Å²) in [5, 5.41) is 0.796. The fourth-order valence-electron chi connectivity index (χ4n) is 3.65. The first-order valence-electron chi connectivity index (χ1n) is 9.95. The van der Waals surface area contributed by atoms with Gasteiger partial charge in [-0.05, 0) is 64.4 Å². The lowest BCUT2D eigenvalue weighted by Crippen LogP contribution is -2.15. The third kappa shape index (κ3) is 3.80. The molecular formula is C25H23N3O3. The Bertz CT molecular complexity index is 1440. The number of carbonyl (C=O) groups is 1. The average Bonchev–Trinajstić information content (AvgIpc) is 2.72. The van der Waals surface area contributed by atoms with E-state index in [0.29, 0.717) is 33.3 Å². The zero-order chi connectivity index (χ0) is 22.3. The summed E-state index contributed by atoms with van der Waals surface area (Å²) in [6.07, 6.45) is 1.58. The van der Waals surface area contributed by atoms with Gasteiger partial charge in [0.2, 0.25) is 5.91 Å². The second kappa shape index (κ2) is 7.40. The van der Waals surface area contributed by atoms with Crippen LogP contribution in [0.25, 0.3) is 33.2 Å². The molecule has 0 saturated carbocycles. The van der Waals surface area contributed by atoms with Crippen molar-refractivity contribution in [3.8, 4) is 22.3 Å². The lowest BCUT2D eigenvalue weighted by molar-refractivity contribution is 0.100. The fourth-order valence-corrected chi connectivity index (χ4v) is 3.65. The summed E-state index contributed by atoms with van der Waals surface area (Å²) in [6.45, 7) is 6.28. The molecule has 1 amide bonds. The number of nitrogens with two attached hydrogens (primary N) is 1. The second-order valence-corrected chi connectivity index (χ2v) is 8.61. The highest BCUT2D eigenvalue weighted by atomic mass is 16.1. The molecule has 0 aliphatic heterocycles. The lowest BCUT2D eigenvalue weighted by Gasteiger charge is -2.21. The number of aromatic amines is 2. The minimum absolute atomic E-state index is 0.174. The molecule has 0 bridgehead atoms. The van der Waals surface area contributed by atoms with Gasteiger partial charge in [0, 0.05) is 28.5 Å². The maximum atomic E-state index is 13.0. The van der Waals surface area contributed by atoms with Gasteiger partial charge in [0.1, 0.15) is 0 Å². The number of carbonyl (C=O) groups excluding carboxylic acids is 1. The summed E-state index contributed by atoms with van der Waals surface area (Å²) < 4.78 is 0. The van der Waals surface area contributed by atoms with Crippen LogP contribution in [0.2, 0.25) is 0 Å². The molecule has 0 unspecified atom stereocenters. The Morgan fingerprint density at radius 1 is 0.871 bits per heavy atom. The van der Waals surface area contributed by atoms with Crippen molar-refractivity contribution in [3.63, 3.8) is 0 Å². The van der Waals surface area contributed by atoms with Crippen LogP contribution in [-0.2, 0) is 5.41 Å². The summed E-state index contributed by atoms with van der Waals surface area (Å²) in [5.41, 5.74) is 8.80. The Kier molecular flexibility index (Phi) is 4.85. The molecule has 2 heterocycles. The number of primary amides is 1. The molecule has 4 aromatic rings. The third-order valence-corrected chi connectivity index (χ3v) is 5.38. The largest absolute Gasteiger partial charge is 0.366 e. The van der Waals surface area contributed by atoms with Crippen molar-refractivity contribution in [2.75, 3.05) is 0 Å². The first-order chi connectivity index (χ1) is 14.6. The summed E-state index contributed by atoms with van der Waals surface area (Å²) >= 11 is 0. The molecule has 0 spiro atoms. The van der Waals surface area contributed by atoms with E-state index in [2.05, 4.69) is 30.7 Å². The predicted molar refractivity (Wildman–Crippen MR) is 123 cm³/mol. The molecule has 0 aliphatic carbocycles. The number of fused-ring (bicyclic) bond motifs is 1. The summed E-state index contributed by atoms with van der Waals surface area (Å²) in [4.78, 5) is 42.7. The van der Waals surface area contributed by atoms with Crippen LogP contribution in [-0.4, -0.2) is 15.9 Å². The van der Waals surface area contributed by atoms with E-state index in [1.165, 1.54) is 0 Å². The van der Waals surface area contributed by atoms with Crippen LogP contribution in [0.4, 0.5) is 0 Å². The highest BCUT2D eigenvalue weighted by Crippen LogP contribution is 2.33. The molecule has 0 fully saturated rings. The molecule has 6 nitrogen and oxygen atoms in total. The van der Waals surface area contributed by atoms with Crippen molar-refractivity contribution in [1.29, 1.82) is 0 Å². The molecule has 2 aromatic carbocycles. The molecule has 0 aliphatic rings. The molecule has 156 valence electrons. The van der Waals surface area contributed by atoms with Crippen LogP contribution >= 0.6 is 0 Å². The third-order valence-electron chi connectivity index (χ3n) is 5.38. The maximum absolute atomic E-state index is 13.0. The molecule has 4 rings (SSSR count). The topological polar surface area (TPSA) is 109 Å². The van der Waals surface area contributed by atoms with Crippen LogP contribution in [0.15, 0.2) is 70.4 Å². The number of aromatic nitrogens is 2. The van der Waals surface area contributed by atoms with Gasteiger partial charge in [-0.25, -0.2) is 0 Å². The number of benzene rings is 2. The van der Waals surface area contributed by atoms with Gasteiger partial charge in [0.05, 0.1) is 5.52 Å². The predicted octanol–water partition coefficient (Wildman–Crippen LogP) is 3.95. The highest BCUT2D eigenvalue weighted by molar-refractivity contribution is 5.97. The fraction of sp³-hybridized carbons (Fsp3) is 0.160. The zero-order valence-corrected chi connectivity index (χ0v) is 17.6. The van der Waals surface area contributed by atoms with E-state index in [1.54, 1.807) is 48.7 Å². The molecule has 0 atom stereocenters. The Balaban J connectivity index is 2.05. The van der Waals surface area contributed by atoms with Gasteiger partial charge in [-0.15, -0.1) is 0 Å². The van der Waals surface area contributed by atoms with Crippen molar-refractivity contribution in [1.82, 2.24) is 9.97 Å². The van der Waals surface area contributed by atoms with E-state index in [4.69, 9.17) is 5.73 Å². The molecule has 6 heteroatoms. The average molecular weight is 413 g/mol. The van der Waals surface area contributed by atoms with Crippen LogP contribution < -0.4 is 16.9 Å². The number of hydrogen-bond acceptors (Lipinski definition) is 3. The van der Waals surface area contributed by atoms with E-state index in [-0.39, 0.29) is 16.5 Å². The van der Waals surface area contributed by atoms with E-state index in [0.717, 1.165) is 10.9 Å². The van der Waals surface area contributed by atoms with Gasteiger partial charge in [0.15, 0.2) is 0 Å². The van der Waals surface area contributed by atoms with Crippen molar-refractivity contribution in [2.45, 2.75) is 26.2 Å². The van der Waals surface area contributed by atoms with Gasteiger partial charge < -0.3 is 15.7 Å². The number of H-pyrrole nitrogens is 2. The van der Waals surface area contributed by atoms with Crippen LogP contribution in [0.3, 0.4) is 0 Å². The number of hydrogen-bond donors (Lipinski definition) is 3. The van der Waals surface area contributed by atoms with Crippen LogP contribution in [0, 0.1) is 0 Å². The summed E-state index contributed by atoms with van der Waals surface area (Å²) in [7, 11) is 0. The van der Waals surface area contributed by atoms with E-state index in [1.807, 2.05) is 12.1 Å². The molecule has 0 saturated heterocycles. The van der Waals surface area contributed by atoms with Crippen molar-refractivity contribution in [2.24, 2.45) is 5.73 Å². The van der Waals surface area contributed by atoms with Crippen molar-refractivity contribution < 1.29 is 4.79 Å².